The molecule has 0 N–H and O–H groups in total. The van der Waals surface area contributed by atoms with Crippen LogP contribution in [0.1, 0.15) is 49.9 Å². The summed E-state index contributed by atoms with van der Waals surface area (Å²) in [5.74, 6) is 1.17. The molecule has 2 aliphatic rings. The van der Waals surface area contributed by atoms with Crippen molar-refractivity contribution in [2.75, 3.05) is 44.4 Å². The van der Waals surface area contributed by atoms with Crippen LogP contribution < -0.4 is 14.4 Å². The summed E-state index contributed by atoms with van der Waals surface area (Å²) in [6, 6.07) is 11.8. The molecule has 2 aromatic carbocycles. The van der Waals surface area contributed by atoms with Crippen LogP contribution in [0.4, 0.5) is 5.69 Å². The lowest BCUT2D eigenvalue weighted by atomic mass is 9.90. The quantitative estimate of drug-likeness (QED) is 0.522. The molecule has 34 heavy (non-hydrogen) atoms. The van der Waals surface area contributed by atoms with Crippen molar-refractivity contribution in [3.63, 3.8) is 0 Å². The van der Waals surface area contributed by atoms with Crippen molar-refractivity contribution in [3.8, 4) is 11.5 Å². The number of amides is 1. The smallest absolute Gasteiger partial charge is 0.307 e. The maximum Gasteiger partial charge on any atom is 0.307 e. The van der Waals surface area contributed by atoms with Gasteiger partial charge in [0, 0.05) is 24.8 Å². The Morgan fingerprint density at radius 2 is 1.62 bits per heavy atom. The molecule has 182 valence electrons. The van der Waals surface area contributed by atoms with Crippen LogP contribution in [0.25, 0.3) is 0 Å². The van der Waals surface area contributed by atoms with Crippen molar-refractivity contribution in [3.05, 3.63) is 53.1 Å². The molecule has 0 radical (unpaired) electrons. The fourth-order valence-corrected chi connectivity index (χ4v) is 4.96. The Bertz CT molecular complexity index is 1040. The number of carbonyl (C=O) groups excluding carboxylic acids is 2. The Morgan fingerprint density at radius 3 is 2.35 bits per heavy atom. The highest BCUT2D eigenvalue weighted by Gasteiger charge is 2.34. The molecule has 2 heterocycles. The van der Waals surface area contributed by atoms with Gasteiger partial charge in [0.15, 0.2) is 11.5 Å². The van der Waals surface area contributed by atoms with Crippen LogP contribution >= 0.6 is 0 Å². The number of hydrogen-bond acceptors (Lipinski definition) is 6. The fourth-order valence-electron chi connectivity index (χ4n) is 4.96. The molecule has 0 spiro atoms. The number of anilines is 1. The zero-order valence-corrected chi connectivity index (χ0v) is 20.3. The van der Waals surface area contributed by atoms with E-state index in [2.05, 4.69) is 11.0 Å². The SMILES string of the molecule is CCOC(=O)C[C@H]1c2cc(OCC)c(OCC)cc2CCN1CC(=O)N1CCc2ccccc21. The van der Waals surface area contributed by atoms with E-state index in [1.165, 1.54) is 5.56 Å². The van der Waals surface area contributed by atoms with Crippen molar-refractivity contribution >= 4 is 17.6 Å². The number of carbonyl (C=O) groups is 2. The standard InChI is InChI=1S/C27H34N2O5/c1-4-32-24-15-20-11-13-28(18-26(30)29-14-12-19-9-7-8-10-22(19)29)23(17-27(31)34-6-3)21(20)16-25(24)33-5-2/h7-10,15-16,23H,4-6,11-14,17-18H2,1-3H3/t23-/m0/s1. The Labute approximate surface area is 201 Å². The summed E-state index contributed by atoms with van der Waals surface area (Å²) in [5, 5.41) is 0. The Kier molecular flexibility index (Phi) is 7.73. The molecule has 1 amide bonds. The maximum absolute atomic E-state index is 13.4. The van der Waals surface area contributed by atoms with Crippen molar-refractivity contribution in [1.82, 2.24) is 4.90 Å². The van der Waals surface area contributed by atoms with Crippen molar-refractivity contribution in [1.29, 1.82) is 0 Å². The van der Waals surface area contributed by atoms with E-state index in [1.54, 1.807) is 6.92 Å². The number of ether oxygens (including phenoxy) is 3. The third-order valence-corrected chi connectivity index (χ3v) is 6.47. The monoisotopic (exact) mass is 466 g/mol. The van der Waals surface area contributed by atoms with Crippen molar-refractivity contribution < 1.29 is 23.8 Å². The van der Waals surface area contributed by atoms with Gasteiger partial charge in [0.25, 0.3) is 0 Å². The number of hydrogen-bond donors (Lipinski definition) is 0. The second-order valence-corrected chi connectivity index (χ2v) is 8.53. The molecule has 0 unspecified atom stereocenters. The van der Waals surface area contributed by atoms with Gasteiger partial charge in [-0.25, -0.2) is 0 Å². The topological polar surface area (TPSA) is 68.3 Å². The van der Waals surface area contributed by atoms with E-state index in [-0.39, 0.29) is 30.9 Å². The van der Waals surface area contributed by atoms with Gasteiger partial charge in [-0.15, -0.1) is 0 Å². The second-order valence-electron chi connectivity index (χ2n) is 8.53. The highest BCUT2D eigenvalue weighted by atomic mass is 16.5. The van der Waals surface area contributed by atoms with Crippen molar-refractivity contribution in [2.45, 2.75) is 46.1 Å². The van der Waals surface area contributed by atoms with E-state index in [9.17, 15) is 9.59 Å². The van der Waals surface area contributed by atoms with E-state index in [0.717, 1.165) is 35.4 Å². The van der Waals surface area contributed by atoms with Crippen LogP contribution in [0, 0.1) is 0 Å². The van der Waals surface area contributed by atoms with Crippen LogP contribution in [0.2, 0.25) is 0 Å². The van der Waals surface area contributed by atoms with Gasteiger partial charge in [0.1, 0.15) is 0 Å². The van der Waals surface area contributed by atoms with Gasteiger partial charge in [-0.2, -0.15) is 0 Å². The summed E-state index contributed by atoms with van der Waals surface area (Å²) in [7, 11) is 0. The van der Waals surface area contributed by atoms with Crippen LogP contribution in [-0.4, -0.2) is 56.2 Å². The van der Waals surface area contributed by atoms with Gasteiger partial charge in [0.2, 0.25) is 5.91 Å². The fraction of sp³-hybridized carbons (Fsp3) is 0.481. The van der Waals surface area contributed by atoms with Gasteiger partial charge in [-0.05, 0) is 68.5 Å². The van der Waals surface area contributed by atoms with Crippen LogP contribution in [-0.2, 0) is 27.2 Å². The molecule has 0 saturated heterocycles. The average molecular weight is 467 g/mol. The lowest BCUT2D eigenvalue weighted by molar-refractivity contribution is -0.145. The minimum atomic E-state index is -0.267. The van der Waals surface area contributed by atoms with E-state index >= 15 is 0 Å². The molecule has 0 saturated carbocycles. The van der Waals surface area contributed by atoms with Crippen molar-refractivity contribution in [2.24, 2.45) is 0 Å². The zero-order valence-electron chi connectivity index (χ0n) is 20.3. The summed E-state index contributed by atoms with van der Waals surface area (Å²) in [6.45, 7) is 8.69. The molecular formula is C27H34N2O5. The Balaban J connectivity index is 1.62. The summed E-state index contributed by atoms with van der Waals surface area (Å²) in [4.78, 5) is 29.9. The van der Waals surface area contributed by atoms with Gasteiger partial charge in [-0.3, -0.25) is 14.5 Å². The minimum absolute atomic E-state index is 0.0539. The Hall–Kier alpha value is -3.06. The van der Waals surface area contributed by atoms with E-state index in [1.807, 2.05) is 49.1 Å². The molecule has 7 nitrogen and oxygen atoms in total. The normalized spacial score (nSPS) is 17.1. The predicted molar refractivity (Wildman–Crippen MR) is 131 cm³/mol. The van der Waals surface area contributed by atoms with Gasteiger partial charge < -0.3 is 19.1 Å². The summed E-state index contributed by atoms with van der Waals surface area (Å²) >= 11 is 0. The number of fused-ring (bicyclic) bond motifs is 2. The van der Waals surface area contributed by atoms with E-state index in [4.69, 9.17) is 14.2 Å². The van der Waals surface area contributed by atoms with E-state index < -0.39 is 0 Å². The minimum Gasteiger partial charge on any atom is -0.490 e. The van der Waals surface area contributed by atoms with Gasteiger partial charge >= 0.3 is 5.97 Å². The second kappa shape index (κ2) is 10.9. The first kappa shape index (κ1) is 24.1. The lowest BCUT2D eigenvalue weighted by Gasteiger charge is -2.37. The van der Waals surface area contributed by atoms with E-state index in [0.29, 0.717) is 38.7 Å². The number of esters is 1. The first-order valence-electron chi connectivity index (χ1n) is 12.3. The molecule has 4 rings (SSSR count). The predicted octanol–water partition coefficient (Wildman–Crippen LogP) is 3.93. The number of rotatable bonds is 9. The first-order valence-corrected chi connectivity index (χ1v) is 12.3. The highest BCUT2D eigenvalue weighted by Crippen LogP contribution is 2.40. The zero-order chi connectivity index (χ0) is 24.1. The number of nitrogens with zero attached hydrogens (tertiary/aromatic N) is 2. The molecule has 2 aromatic rings. The molecule has 0 aliphatic carbocycles. The molecule has 2 aliphatic heterocycles. The molecule has 0 bridgehead atoms. The number of benzene rings is 2. The summed E-state index contributed by atoms with van der Waals surface area (Å²) in [5.41, 5.74) is 4.32. The van der Waals surface area contributed by atoms with Crippen LogP contribution in [0.5, 0.6) is 11.5 Å². The maximum atomic E-state index is 13.4. The summed E-state index contributed by atoms with van der Waals surface area (Å²) < 4.78 is 17.0. The Morgan fingerprint density at radius 1 is 0.912 bits per heavy atom. The van der Waals surface area contributed by atoms with Crippen LogP contribution in [0.3, 0.4) is 0 Å². The van der Waals surface area contributed by atoms with Crippen LogP contribution in [0.15, 0.2) is 36.4 Å². The molecular weight excluding hydrogens is 432 g/mol. The molecule has 0 fully saturated rings. The highest BCUT2D eigenvalue weighted by molar-refractivity contribution is 5.96. The third kappa shape index (κ3) is 5.04. The van der Waals surface area contributed by atoms with Gasteiger partial charge in [0.05, 0.1) is 32.8 Å². The lowest BCUT2D eigenvalue weighted by Crippen LogP contribution is -2.44. The van der Waals surface area contributed by atoms with Gasteiger partial charge in [-0.1, -0.05) is 18.2 Å². The molecule has 0 aromatic heterocycles. The number of para-hydroxylation sites is 1. The summed E-state index contributed by atoms with van der Waals surface area (Å²) in [6.07, 6.45) is 1.82. The molecule has 1 atom stereocenters. The third-order valence-electron chi connectivity index (χ3n) is 6.47. The average Bonchev–Trinajstić information content (AvgIpc) is 3.26. The first-order chi connectivity index (χ1) is 16.5. The largest absolute Gasteiger partial charge is 0.490 e. The molecule has 7 heteroatoms.